The maximum Gasteiger partial charge on any atom is 0.0431 e. The van der Waals surface area contributed by atoms with Gasteiger partial charge in [-0.05, 0) is 52.6 Å². The highest BCUT2D eigenvalue weighted by molar-refractivity contribution is 14.1. The summed E-state index contributed by atoms with van der Waals surface area (Å²) in [4.78, 5) is 0. The predicted octanol–water partition coefficient (Wildman–Crippen LogP) is 4.47. The van der Waals surface area contributed by atoms with E-state index in [-0.39, 0.29) is 0 Å². The highest BCUT2D eigenvalue weighted by atomic mass is 127. The van der Waals surface area contributed by atoms with Crippen LogP contribution in [-0.2, 0) is 0 Å². The van der Waals surface area contributed by atoms with Crippen LogP contribution in [0.5, 0.6) is 0 Å². The third kappa shape index (κ3) is 1.36. The van der Waals surface area contributed by atoms with Gasteiger partial charge in [0.1, 0.15) is 0 Å². The Balaban J connectivity index is 2.93. The summed E-state index contributed by atoms with van der Waals surface area (Å²) in [5.41, 5.74) is 1.34. The quantitative estimate of drug-likeness (QED) is 0.630. The molecule has 0 aliphatic carbocycles. The van der Waals surface area contributed by atoms with E-state index in [9.17, 15) is 0 Å². The lowest BCUT2D eigenvalue weighted by molar-refractivity contribution is 1.58. The van der Waals surface area contributed by atoms with Crippen molar-refractivity contribution in [3.05, 3.63) is 31.7 Å². The summed E-state index contributed by atoms with van der Waals surface area (Å²) >= 11 is 10.0. The summed E-state index contributed by atoms with van der Waals surface area (Å²) in [7, 11) is 0. The van der Waals surface area contributed by atoms with E-state index in [0.29, 0.717) is 0 Å². The van der Waals surface area contributed by atoms with Crippen LogP contribution >= 0.6 is 45.5 Å². The van der Waals surface area contributed by atoms with Crippen molar-refractivity contribution in [3.8, 4) is 0 Å². The molecule has 0 N–H and O–H groups in total. The van der Waals surface area contributed by atoms with Crippen LogP contribution in [0, 0.1) is 10.5 Å². The minimum Gasteiger partial charge on any atom is -0.143 e. The van der Waals surface area contributed by atoms with Gasteiger partial charge in [-0.3, -0.25) is 0 Å². The second-order valence-corrected chi connectivity index (χ2v) is 5.19. The average molecular weight is 309 g/mol. The molecule has 0 aliphatic rings. The van der Waals surface area contributed by atoms with Crippen LogP contribution in [0.2, 0.25) is 5.02 Å². The molecule has 62 valence electrons. The maximum absolute atomic E-state index is 5.94. The summed E-state index contributed by atoms with van der Waals surface area (Å²) in [6, 6.07) is 4.03. The normalized spacial score (nSPS) is 10.9. The van der Waals surface area contributed by atoms with Crippen molar-refractivity contribution in [2.45, 2.75) is 6.92 Å². The van der Waals surface area contributed by atoms with E-state index in [2.05, 4.69) is 34.9 Å². The van der Waals surface area contributed by atoms with E-state index in [1.807, 2.05) is 12.1 Å². The van der Waals surface area contributed by atoms with Crippen LogP contribution in [-0.4, -0.2) is 0 Å². The summed E-state index contributed by atoms with van der Waals surface area (Å²) in [5, 5.41) is 4.35. The van der Waals surface area contributed by atoms with E-state index in [1.54, 1.807) is 11.3 Å². The lowest BCUT2D eigenvalue weighted by Gasteiger charge is -1.96. The fourth-order valence-corrected chi connectivity index (χ4v) is 3.94. The van der Waals surface area contributed by atoms with Crippen molar-refractivity contribution < 1.29 is 0 Å². The topological polar surface area (TPSA) is 0 Å². The van der Waals surface area contributed by atoms with Crippen molar-refractivity contribution in [2.24, 2.45) is 0 Å². The fourth-order valence-electron chi connectivity index (χ4n) is 1.24. The number of hydrogen-bond acceptors (Lipinski definition) is 1. The Morgan fingerprint density at radius 2 is 2.17 bits per heavy atom. The number of thiophene rings is 1. The van der Waals surface area contributed by atoms with Gasteiger partial charge in [0.05, 0.1) is 0 Å². The van der Waals surface area contributed by atoms with Gasteiger partial charge in [-0.1, -0.05) is 11.6 Å². The number of halogens is 2. The van der Waals surface area contributed by atoms with Crippen LogP contribution in [0.3, 0.4) is 0 Å². The first kappa shape index (κ1) is 8.78. The molecule has 0 bridgehead atoms. The van der Waals surface area contributed by atoms with E-state index in [0.717, 1.165) is 5.02 Å². The highest BCUT2D eigenvalue weighted by Crippen LogP contribution is 2.32. The smallest absolute Gasteiger partial charge is 0.0431 e. The zero-order valence-electron chi connectivity index (χ0n) is 6.40. The largest absolute Gasteiger partial charge is 0.143 e. The van der Waals surface area contributed by atoms with Crippen LogP contribution in [0.4, 0.5) is 0 Å². The first-order valence-electron chi connectivity index (χ1n) is 3.51. The lowest BCUT2D eigenvalue weighted by Crippen LogP contribution is -1.75. The van der Waals surface area contributed by atoms with Crippen molar-refractivity contribution in [1.29, 1.82) is 0 Å². The van der Waals surface area contributed by atoms with Gasteiger partial charge in [0, 0.05) is 18.7 Å². The Morgan fingerprint density at radius 3 is 2.92 bits per heavy atom. The first-order valence-corrected chi connectivity index (χ1v) is 5.85. The van der Waals surface area contributed by atoms with Gasteiger partial charge in [0.25, 0.3) is 0 Å². The third-order valence-corrected chi connectivity index (χ3v) is 3.89. The van der Waals surface area contributed by atoms with Gasteiger partial charge in [-0.15, -0.1) is 11.3 Å². The molecule has 1 aromatic heterocycles. The van der Waals surface area contributed by atoms with Gasteiger partial charge in [-0.2, -0.15) is 0 Å². The second-order valence-electron chi connectivity index (χ2n) is 2.68. The van der Waals surface area contributed by atoms with Crippen LogP contribution in [0.25, 0.3) is 10.1 Å². The van der Waals surface area contributed by atoms with Crippen molar-refractivity contribution in [2.75, 3.05) is 0 Å². The number of aryl methyl sites for hydroxylation is 1. The zero-order chi connectivity index (χ0) is 8.72. The molecular formula is C9H6ClIS. The minimum atomic E-state index is 0.828. The van der Waals surface area contributed by atoms with Crippen LogP contribution in [0.1, 0.15) is 5.56 Å². The first-order chi connectivity index (χ1) is 5.68. The molecule has 0 radical (unpaired) electrons. The van der Waals surface area contributed by atoms with Gasteiger partial charge < -0.3 is 0 Å². The Bertz CT molecular complexity index is 433. The second kappa shape index (κ2) is 3.16. The molecule has 0 fully saturated rings. The van der Waals surface area contributed by atoms with Gasteiger partial charge >= 0.3 is 0 Å². The van der Waals surface area contributed by atoms with Crippen molar-refractivity contribution in [1.82, 2.24) is 0 Å². The Hall–Kier alpha value is 0.200. The van der Waals surface area contributed by atoms with E-state index >= 15 is 0 Å². The van der Waals surface area contributed by atoms with Crippen molar-refractivity contribution in [3.63, 3.8) is 0 Å². The molecule has 1 heterocycles. The summed E-state index contributed by atoms with van der Waals surface area (Å²) in [6.07, 6.45) is 0. The van der Waals surface area contributed by atoms with E-state index in [1.165, 1.54) is 19.2 Å². The molecule has 0 unspecified atom stereocenters. The number of rotatable bonds is 0. The molecule has 0 atom stereocenters. The van der Waals surface area contributed by atoms with E-state index < -0.39 is 0 Å². The number of benzene rings is 1. The van der Waals surface area contributed by atoms with Gasteiger partial charge in [0.15, 0.2) is 0 Å². The molecule has 2 aromatic rings. The molecular weight excluding hydrogens is 303 g/mol. The van der Waals surface area contributed by atoms with Crippen LogP contribution in [0.15, 0.2) is 17.5 Å². The third-order valence-electron chi connectivity index (χ3n) is 1.78. The highest BCUT2D eigenvalue weighted by Gasteiger charge is 2.04. The lowest BCUT2D eigenvalue weighted by atomic mass is 10.2. The average Bonchev–Trinajstić information content (AvgIpc) is 2.31. The molecule has 12 heavy (non-hydrogen) atoms. The van der Waals surface area contributed by atoms with Gasteiger partial charge in [0.2, 0.25) is 0 Å². The Kier molecular flexibility index (Phi) is 2.31. The number of fused-ring (bicyclic) bond motifs is 1. The molecule has 2 rings (SSSR count). The zero-order valence-corrected chi connectivity index (χ0v) is 10.1. The number of hydrogen-bond donors (Lipinski definition) is 0. The molecule has 1 aromatic carbocycles. The van der Waals surface area contributed by atoms with Crippen molar-refractivity contribution >= 4 is 55.6 Å². The molecule has 0 saturated carbocycles. The molecule has 0 saturated heterocycles. The Labute approximate surface area is 93.7 Å². The Morgan fingerprint density at radius 1 is 1.42 bits per heavy atom. The monoisotopic (exact) mass is 308 g/mol. The maximum atomic E-state index is 5.94. The molecule has 0 aliphatic heterocycles. The molecule has 3 heteroatoms. The summed E-state index contributed by atoms with van der Waals surface area (Å²) in [5.74, 6) is 0. The minimum absolute atomic E-state index is 0.828. The summed E-state index contributed by atoms with van der Waals surface area (Å²) < 4.78 is 2.53. The van der Waals surface area contributed by atoms with Gasteiger partial charge in [-0.25, -0.2) is 0 Å². The fraction of sp³-hybridized carbons (Fsp3) is 0.111. The summed E-state index contributed by atoms with van der Waals surface area (Å²) in [6.45, 7) is 2.13. The molecule has 0 nitrogen and oxygen atoms in total. The molecule has 0 spiro atoms. The predicted molar refractivity (Wildman–Crippen MR) is 64.3 cm³/mol. The van der Waals surface area contributed by atoms with Crippen LogP contribution < -0.4 is 0 Å². The molecule has 0 amide bonds. The SMILES string of the molecule is Cc1csc2cc(Cl)cc(I)c12. The van der Waals surface area contributed by atoms with E-state index in [4.69, 9.17) is 11.6 Å². The standard InChI is InChI=1S/C9H6ClIS/c1-5-4-12-8-3-6(10)2-7(11)9(5)8/h2-4H,1H3.